The molecule has 98 valence electrons. The summed E-state index contributed by atoms with van der Waals surface area (Å²) in [5.74, 6) is -0.185. The molecule has 18 heavy (non-hydrogen) atoms. The van der Waals surface area contributed by atoms with E-state index < -0.39 is 5.91 Å². The molecule has 5 heteroatoms. The van der Waals surface area contributed by atoms with E-state index in [0.717, 1.165) is 24.8 Å². The summed E-state index contributed by atoms with van der Waals surface area (Å²) in [5, 5.41) is 3.47. The van der Waals surface area contributed by atoms with Crippen LogP contribution in [0.3, 0.4) is 0 Å². The van der Waals surface area contributed by atoms with Gasteiger partial charge in [0.2, 0.25) is 5.91 Å². The van der Waals surface area contributed by atoms with Crippen molar-refractivity contribution in [3.63, 3.8) is 0 Å². The predicted molar refractivity (Wildman–Crippen MR) is 72.9 cm³/mol. The van der Waals surface area contributed by atoms with Gasteiger partial charge >= 0.3 is 0 Å². The van der Waals surface area contributed by atoms with Gasteiger partial charge in [-0.05, 0) is 30.7 Å². The Morgan fingerprint density at radius 2 is 2.11 bits per heavy atom. The number of fused-ring (bicyclic) bond motifs is 1. The van der Waals surface area contributed by atoms with Crippen LogP contribution in [-0.2, 0) is 17.6 Å². The molecule has 1 aliphatic carbocycles. The molecule has 0 aliphatic heterocycles. The Bertz CT molecular complexity index is 491. The van der Waals surface area contributed by atoms with Crippen molar-refractivity contribution in [2.75, 3.05) is 5.32 Å². The van der Waals surface area contributed by atoms with Crippen LogP contribution in [0.15, 0.2) is 0 Å². The topological polar surface area (TPSA) is 72.2 Å². The van der Waals surface area contributed by atoms with Gasteiger partial charge in [0.1, 0.15) is 5.00 Å². The van der Waals surface area contributed by atoms with E-state index in [2.05, 4.69) is 5.32 Å². The van der Waals surface area contributed by atoms with Crippen molar-refractivity contribution in [1.82, 2.24) is 0 Å². The van der Waals surface area contributed by atoms with E-state index in [1.54, 1.807) is 0 Å². The first-order valence-electron chi connectivity index (χ1n) is 6.23. The third kappa shape index (κ3) is 2.56. The minimum absolute atomic E-state index is 0.0487. The van der Waals surface area contributed by atoms with E-state index in [4.69, 9.17) is 5.73 Å². The summed E-state index contributed by atoms with van der Waals surface area (Å²) in [6, 6.07) is 0. The largest absolute Gasteiger partial charge is 0.365 e. The summed E-state index contributed by atoms with van der Waals surface area (Å²) in [4.78, 5) is 24.5. The van der Waals surface area contributed by atoms with E-state index in [-0.39, 0.29) is 5.91 Å². The molecule has 0 radical (unpaired) electrons. The molecular formula is C13H18N2O2S. The van der Waals surface area contributed by atoms with Gasteiger partial charge < -0.3 is 11.1 Å². The number of carbonyl (C=O) groups is 2. The van der Waals surface area contributed by atoms with Gasteiger partial charge in [0.15, 0.2) is 0 Å². The number of anilines is 1. The zero-order valence-corrected chi connectivity index (χ0v) is 11.5. The van der Waals surface area contributed by atoms with Crippen LogP contribution < -0.4 is 11.1 Å². The second-order valence-corrected chi connectivity index (χ2v) is 6.18. The maximum absolute atomic E-state index is 11.8. The number of aryl methyl sites for hydroxylation is 1. The highest BCUT2D eigenvalue weighted by Crippen LogP contribution is 2.38. The van der Waals surface area contributed by atoms with E-state index in [1.807, 2.05) is 13.8 Å². The van der Waals surface area contributed by atoms with Gasteiger partial charge in [0.25, 0.3) is 5.91 Å². The molecule has 1 aromatic rings. The fourth-order valence-electron chi connectivity index (χ4n) is 2.30. The van der Waals surface area contributed by atoms with Gasteiger partial charge in [-0.3, -0.25) is 9.59 Å². The first kappa shape index (κ1) is 13.1. The third-order valence-corrected chi connectivity index (χ3v) is 4.22. The van der Waals surface area contributed by atoms with Crippen molar-refractivity contribution in [3.05, 3.63) is 16.0 Å². The number of nitrogens with two attached hydrogens (primary N) is 1. The smallest absolute Gasteiger partial charge is 0.251 e. The molecule has 3 N–H and O–H groups in total. The molecule has 0 saturated heterocycles. The summed E-state index contributed by atoms with van der Waals surface area (Å²) in [5.41, 5.74) is 7.01. The first-order valence-corrected chi connectivity index (χ1v) is 7.05. The Labute approximate surface area is 111 Å². The maximum Gasteiger partial charge on any atom is 0.251 e. The number of rotatable bonds is 4. The molecule has 0 bridgehead atoms. The van der Waals surface area contributed by atoms with Gasteiger partial charge in [0.05, 0.1) is 5.56 Å². The fraction of sp³-hybridized carbons (Fsp3) is 0.538. The van der Waals surface area contributed by atoms with E-state index >= 15 is 0 Å². The fourth-order valence-corrected chi connectivity index (χ4v) is 3.61. The third-order valence-electron chi connectivity index (χ3n) is 3.01. The molecule has 0 fully saturated rings. The molecule has 2 rings (SSSR count). The van der Waals surface area contributed by atoms with Crippen molar-refractivity contribution < 1.29 is 9.59 Å². The van der Waals surface area contributed by atoms with E-state index in [1.165, 1.54) is 16.2 Å². The zero-order chi connectivity index (χ0) is 13.3. The minimum Gasteiger partial charge on any atom is -0.365 e. The van der Waals surface area contributed by atoms with E-state index in [0.29, 0.717) is 22.9 Å². The van der Waals surface area contributed by atoms with Crippen LogP contribution in [0.4, 0.5) is 5.00 Å². The molecule has 2 amide bonds. The number of hydrogen-bond donors (Lipinski definition) is 2. The lowest BCUT2D eigenvalue weighted by atomic mass is 10.1. The lowest BCUT2D eigenvalue weighted by Crippen LogP contribution is -2.18. The van der Waals surface area contributed by atoms with Crippen molar-refractivity contribution in [2.24, 2.45) is 11.7 Å². The normalized spacial score (nSPS) is 13.7. The second-order valence-electron chi connectivity index (χ2n) is 5.07. The Balaban J connectivity index is 2.23. The van der Waals surface area contributed by atoms with Crippen LogP contribution >= 0.6 is 11.3 Å². The number of thiophene rings is 1. The van der Waals surface area contributed by atoms with Crippen LogP contribution in [0.1, 0.15) is 47.5 Å². The highest BCUT2D eigenvalue weighted by atomic mass is 32.1. The summed E-state index contributed by atoms with van der Waals surface area (Å²) in [6.07, 6.45) is 3.41. The zero-order valence-electron chi connectivity index (χ0n) is 10.7. The second kappa shape index (κ2) is 5.10. The quantitative estimate of drug-likeness (QED) is 0.877. The van der Waals surface area contributed by atoms with Crippen LogP contribution in [0.5, 0.6) is 0 Å². The molecule has 0 spiro atoms. The van der Waals surface area contributed by atoms with Gasteiger partial charge in [-0.15, -0.1) is 11.3 Å². The minimum atomic E-state index is -0.436. The number of amides is 2. The lowest BCUT2D eigenvalue weighted by molar-refractivity contribution is -0.116. The molecule has 0 atom stereocenters. The molecule has 1 aromatic heterocycles. The van der Waals surface area contributed by atoms with Crippen LogP contribution in [0, 0.1) is 5.92 Å². The number of primary amides is 1. The van der Waals surface area contributed by atoms with Crippen molar-refractivity contribution in [1.29, 1.82) is 0 Å². The average molecular weight is 266 g/mol. The lowest BCUT2D eigenvalue weighted by Gasteiger charge is -2.07. The molecule has 0 aromatic carbocycles. The van der Waals surface area contributed by atoms with Gasteiger partial charge in [-0.1, -0.05) is 13.8 Å². The summed E-state index contributed by atoms with van der Waals surface area (Å²) >= 11 is 1.50. The summed E-state index contributed by atoms with van der Waals surface area (Å²) in [6.45, 7) is 3.98. The first-order chi connectivity index (χ1) is 8.49. The van der Waals surface area contributed by atoms with Gasteiger partial charge in [-0.25, -0.2) is 0 Å². The van der Waals surface area contributed by atoms with Crippen LogP contribution in [-0.4, -0.2) is 11.8 Å². The molecule has 1 heterocycles. The van der Waals surface area contributed by atoms with Crippen molar-refractivity contribution >= 4 is 28.2 Å². The number of carbonyl (C=O) groups excluding carboxylic acids is 2. The predicted octanol–water partition coefficient (Wildman–Crippen LogP) is 2.32. The molecule has 0 unspecified atom stereocenters. The maximum atomic E-state index is 11.8. The van der Waals surface area contributed by atoms with Gasteiger partial charge in [-0.2, -0.15) is 0 Å². The standard InChI is InChI=1S/C13H18N2O2S/c1-7(2)6-10(16)15-13-11(12(14)17)8-4-3-5-9(8)18-13/h7H,3-6H2,1-2H3,(H2,14,17)(H,15,16). The van der Waals surface area contributed by atoms with Gasteiger partial charge in [0, 0.05) is 11.3 Å². The molecular weight excluding hydrogens is 248 g/mol. The Kier molecular flexibility index (Phi) is 3.71. The Morgan fingerprint density at radius 1 is 1.39 bits per heavy atom. The van der Waals surface area contributed by atoms with Crippen molar-refractivity contribution in [3.8, 4) is 0 Å². The number of hydrogen-bond acceptors (Lipinski definition) is 3. The molecule has 0 saturated carbocycles. The van der Waals surface area contributed by atoms with Crippen LogP contribution in [0.2, 0.25) is 0 Å². The highest BCUT2D eigenvalue weighted by Gasteiger charge is 2.26. The monoisotopic (exact) mass is 266 g/mol. The van der Waals surface area contributed by atoms with E-state index in [9.17, 15) is 9.59 Å². The summed E-state index contributed by atoms with van der Waals surface area (Å²) in [7, 11) is 0. The average Bonchev–Trinajstić information content (AvgIpc) is 2.74. The molecule has 1 aliphatic rings. The van der Waals surface area contributed by atoms with Crippen molar-refractivity contribution in [2.45, 2.75) is 39.5 Å². The van der Waals surface area contributed by atoms with Crippen LogP contribution in [0.25, 0.3) is 0 Å². The highest BCUT2D eigenvalue weighted by molar-refractivity contribution is 7.17. The Morgan fingerprint density at radius 3 is 2.72 bits per heavy atom. The summed E-state index contributed by atoms with van der Waals surface area (Å²) < 4.78 is 0. The Hall–Kier alpha value is -1.36. The number of nitrogens with one attached hydrogen (secondary N) is 1. The molecule has 4 nitrogen and oxygen atoms in total. The SMILES string of the molecule is CC(C)CC(=O)Nc1sc2c(c1C(N)=O)CCC2.